The SMILES string of the molecule is C=C(C)C(=O)NCCC(N)N. The predicted molar refractivity (Wildman–Crippen MR) is 44.6 cm³/mol. The molecule has 0 atom stereocenters. The van der Waals surface area contributed by atoms with Crippen LogP contribution in [0.15, 0.2) is 12.2 Å². The van der Waals surface area contributed by atoms with Gasteiger partial charge in [-0.2, -0.15) is 0 Å². The number of rotatable bonds is 4. The molecule has 0 aliphatic heterocycles. The molecule has 0 aliphatic rings. The van der Waals surface area contributed by atoms with E-state index in [9.17, 15) is 4.79 Å². The summed E-state index contributed by atoms with van der Waals surface area (Å²) in [6.07, 6.45) is 0.222. The third-order valence-corrected chi connectivity index (χ3v) is 1.15. The van der Waals surface area contributed by atoms with E-state index in [4.69, 9.17) is 11.5 Å². The van der Waals surface area contributed by atoms with Gasteiger partial charge in [0.05, 0.1) is 6.17 Å². The van der Waals surface area contributed by atoms with Crippen LogP contribution in [0.1, 0.15) is 13.3 Å². The number of nitrogens with one attached hydrogen (secondary N) is 1. The number of amides is 1. The summed E-state index contributed by atoms with van der Waals surface area (Å²) in [6.45, 7) is 5.63. The first kappa shape index (κ1) is 10.1. The lowest BCUT2D eigenvalue weighted by molar-refractivity contribution is -0.117. The summed E-state index contributed by atoms with van der Waals surface area (Å²) in [5.74, 6) is -0.148. The highest BCUT2D eigenvalue weighted by Gasteiger charge is 2.00. The van der Waals surface area contributed by atoms with E-state index in [1.807, 2.05) is 0 Å². The summed E-state index contributed by atoms with van der Waals surface area (Å²) in [6, 6.07) is 0. The number of hydrogen-bond donors (Lipinski definition) is 3. The summed E-state index contributed by atoms with van der Waals surface area (Å²) in [5, 5.41) is 2.61. The van der Waals surface area contributed by atoms with Crippen LogP contribution in [-0.4, -0.2) is 18.6 Å². The van der Waals surface area contributed by atoms with Crippen molar-refractivity contribution in [2.75, 3.05) is 6.54 Å². The van der Waals surface area contributed by atoms with E-state index < -0.39 is 0 Å². The van der Waals surface area contributed by atoms with Gasteiger partial charge in [0, 0.05) is 12.1 Å². The zero-order valence-electron chi connectivity index (χ0n) is 6.76. The van der Waals surface area contributed by atoms with Crippen molar-refractivity contribution in [3.05, 3.63) is 12.2 Å². The molecule has 0 aromatic heterocycles. The quantitative estimate of drug-likeness (QED) is 0.373. The Morgan fingerprint density at radius 1 is 1.64 bits per heavy atom. The molecule has 11 heavy (non-hydrogen) atoms. The zero-order valence-corrected chi connectivity index (χ0v) is 6.76. The standard InChI is InChI=1S/C7H15N3O/c1-5(2)7(11)10-4-3-6(8)9/h6H,1,3-4,8-9H2,2H3,(H,10,11). The summed E-state index contributed by atoms with van der Waals surface area (Å²) in [7, 11) is 0. The van der Waals surface area contributed by atoms with Crippen LogP contribution in [0.3, 0.4) is 0 Å². The molecule has 0 aliphatic carbocycles. The van der Waals surface area contributed by atoms with Crippen molar-refractivity contribution in [1.82, 2.24) is 5.32 Å². The Hall–Kier alpha value is -0.870. The fourth-order valence-corrected chi connectivity index (χ4v) is 0.503. The summed E-state index contributed by atoms with van der Waals surface area (Å²) < 4.78 is 0. The molecule has 0 rings (SSSR count). The van der Waals surface area contributed by atoms with Crippen LogP contribution in [0.5, 0.6) is 0 Å². The molecule has 0 spiro atoms. The van der Waals surface area contributed by atoms with Gasteiger partial charge in [-0.3, -0.25) is 4.79 Å². The third-order valence-electron chi connectivity index (χ3n) is 1.15. The lowest BCUT2D eigenvalue weighted by Gasteiger charge is -2.06. The van der Waals surface area contributed by atoms with Gasteiger partial charge in [0.2, 0.25) is 5.91 Å². The minimum absolute atomic E-state index is 0.148. The molecule has 0 heterocycles. The molecule has 4 nitrogen and oxygen atoms in total. The lowest BCUT2D eigenvalue weighted by Crippen LogP contribution is -2.35. The molecule has 64 valence electrons. The lowest BCUT2D eigenvalue weighted by atomic mass is 10.3. The Balaban J connectivity index is 3.40. The van der Waals surface area contributed by atoms with E-state index in [0.717, 1.165) is 0 Å². The Labute approximate surface area is 66.6 Å². The van der Waals surface area contributed by atoms with Gasteiger partial charge in [-0.25, -0.2) is 0 Å². The molecule has 0 aromatic carbocycles. The molecule has 5 N–H and O–H groups in total. The molecule has 4 heteroatoms. The average molecular weight is 157 g/mol. The molecule has 0 saturated carbocycles. The van der Waals surface area contributed by atoms with Gasteiger partial charge in [0.1, 0.15) is 0 Å². The zero-order chi connectivity index (χ0) is 8.85. The normalized spacial score (nSPS) is 9.82. The monoisotopic (exact) mass is 157 g/mol. The van der Waals surface area contributed by atoms with Crippen LogP contribution in [0.2, 0.25) is 0 Å². The molecule has 0 saturated heterocycles. The van der Waals surface area contributed by atoms with Gasteiger partial charge in [-0.05, 0) is 13.3 Å². The van der Waals surface area contributed by atoms with Gasteiger partial charge in [0.25, 0.3) is 0 Å². The fourth-order valence-electron chi connectivity index (χ4n) is 0.503. The maximum absolute atomic E-state index is 10.8. The maximum Gasteiger partial charge on any atom is 0.246 e. The van der Waals surface area contributed by atoms with Crippen molar-refractivity contribution < 1.29 is 4.79 Å². The number of carbonyl (C=O) groups excluding carboxylic acids is 1. The maximum atomic E-state index is 10.8. The fraction of sp³-hybridized carbons (Fsp3) is 0.571. The Morgan fingerprint density at radius 3 is 2.55 bits per heavy atom. The number of nitrogens with two attached hydrogens (primary N) is 2. The van der Waals surface area contributed by atoms with E-state index in [1.54, 1.807) is 6.92 Å². The molecule has 0 unspecified atom stereocenters. The van der Waals surface area contributed by atoms with Crippen molar-refractivity contribution in [1.29, 1.82) is 0 Å². The highest BCUT2D eigenvalue weighted by Crippen LogP contribution is 1.85. The molecular formula is C7H15N3O. The van der Waals surface area contributed by atoms with Crippen LogP contribution in [-0.2, 0) is 4.79 Å². The molecule has 0 fully saturated rings. The Morgan fingerprint density at radius 2 is 2.18 bits per heavy atom. The minimum Gasteiger partial charge on any atom is -0.352 e. The Bertz CT molecular complexity index is 154. The first-order valence-electron chi connectivity index (χ1n) is 3.49. The highest BCUT2D eigenvalue weighted by molar-refractivity contribution is 5.91. The van der Waals surface area contributed by atoms with Crippen LogP contribution in [0.4, 0.5) is 0 Å². The van der Waals surface area contributed by atoms with E-state index in [2.05, 4.69) is 11.9 Å². The second-order valence-corrected chi connectivity index (χ2v) is 2.49. The molecule has 1 amide bonds. The van der Waals surface area contributed by atoms with Crippen LogP contribution in [0, 0.1) is 0 Å². The molecule has 0 radical (unpaired) electrons. The smallest absolute Gasteiger partial charge is 0.246 e. The topological polar surface area (TPSA) is 81.1 Å². The highest BCUT2D eigenvalue weighted by atomic mass is 16.1. The summed E-state index contributed by atoms with van der Waals surface area (Å²) >= 11 is 0. The van der Waals surface area contributed by atoms with E-state index in [-0.39, 0.29) is 12.1 Å². The van der Waals surface area contributed by atoms with Crippen LogP contribution < -0.4 is 16.8 Å². The van der Waals surface area contributed by atoms with E-state index >= 15 is 0 Å². The van der Waals surface area contributed by atoms with Crippen molar-refractivity contribution in [2.45, 2.75) is 19.5 Å². The molecule has 0 bridgehead atoms. The largest absolute Gasteiger partial charge is 0.352 e. The number of carbonyl (C=O) groups is 1. The third kappa shape index (κ3) is 5.57. The second-order valence-electron chi connectivity index (χ2n) is 2.49. The van der Waals surface area contributed by atoms with Gasteiger partial charge >= 0.3 is 0 Å². The first-order valence-corrected chi connectivity index (χ1v) is 3.49. The van der Waals surface area contributed by atoms with Gasteiger partial charge in [0.15, 0.2) is 0 Å². The molecular weight excluding hydrogens is 142 g/mol. The van der Waals surface area contributed by atoms with E-state index in [1.165, 1.54) is 0 Å². The van der Waals surface area contributed by atoms with Crippen molar-refractivity contribution in [3.63, 3.8) is 0 Å². The van der Waals surface area contributed by atoms with Crippen molar-refractivity contribution in [3.8, 4) is 0 Å². The van der Waals surface area contributed by atoms with Crippen molar-refractivity contribution in [2.24, 2.45) is 11.5 Å². The summed E-state index contributed by atoms with van der Waals surface area (Å²) in [4.78, 5) is 10.8. The molecule has 0 aromatic rings. The minimum atomic E-state index is -0.361. The average Bonchev–Trinajstić information content (AvgIpc) is 1.86. The van der Waals surface area contributed by atoms with Crippen LogP contribution >= 0.6 is 0 Å². The van der Waals surface area contributed by atoms with E-state index in [0.29, 0.717) is 18.5 Å². The first-order chi connectivity index (χ1) is 5.04. The predicted octanol–water partition coefficient (Wildman–Crippen LogP) is -0.688. The summed E-state index contributed by atoms with van der Waals surface area (Å²) in [5.41, 5.74) is 11.0. The van der Waals surface area contributed by atoms with Gasteiger partial charge < -0.3 is 16.8 Å². The van der Waals surface area contributed by atoms with Gasteiger partial charge in [-0.1, -0.05) is 6.58 Å². The Kier molecular flexibility index (Phi) is 4.49. The van der Waals surface area contributed by atoms with Crippen molar-refractivity contribution >= 4 is 5.91 Å². The van der Waals surface area contributed by atoms with Gasteiger partial charge in [-0.15, -0.1) is 0 Å². The second kappa shape index (κ2) is 4.87. The number of hydrogen-bond acceptors (Lipinski definition) is 3. The van der Waals surface area contributed by atoms with Crippen LogP contribution in [0.25, 0.3) is 0 Å².